The molecule has 0 aliphatic carbocycles. The fraction of sp³-hybridized carbons (Fsp3) is 0.250. The molecule has 1 aliphatic heterocycles. The van der Waals surface area contributed by atoms with Gasteiger partial charge in [0, 0.05) is 41.1 Å². The van der Waals surface area contributed by atoms with Crippen molar-refractivity contribution in [2.24, 2.45) is 0 Å². The SMILES string of the molecule is Cc1cccc(-c2nn3c(c2-c2ccnc4cc(OC(C)C(=O)O)ccc24)CCC3)n1. The molecule has 5 rings (SSSR count). The first kappa shape index (κ1) is 19.2. The molecule has 1 unspecified atom stereocenters. The Balaban J connectivity index is 1.67. The number of fused-ring (bicyclic) bond motifs is 2. The zero-order chi connectivity index (χ0) is 21.5. The van der Waals surface area contributed by atoms with Crippen LogP contribution in [0.15, 0.2) is 48.7 Å². The lowest BCUT2D eigenvalue weighted by Gasteiger charge is -2.13. The van der Waals surface area contributed by atoms with Crippen molar-refractivity contribution >= 4 is 16.9 Å². The summed E-state index contributed by atoms with van der Waals surface area (Å²) in [6.45, 7) is 4.39. The van der Waals surface area contributed by atoms with E-state index in [2.05, 4.69) is 9.67 Å². The molecule has 0 saturated heterocycles. The predicted molar refractivity (Wildman–Crippen MR) is 117 cm³/mol. The number of hydrogen-bond acceptors (Lipinski definition) is 5. The molecular weight excluding hydrogens is 392 g/mol. The van der Waals surface area contributed by atoms with Crippen LogP contribution in [0, 0.1) is 6.92 Å². The molecule has 1 N–H and O–H groups in total. The summed E-state index contributed by atoms with van der Waals surface area (Å²) in [5.41, 5.74) is 6.78. The molecule has 31 heavy (non-hydrogen) atoms. The maximum atomic E-state index is 11.1. The van der Waals surface area contributed by atoms with Crippen LogP contribution in [0.3, 0.4) is 0 Å². The van der Waals surface area contributed by atoms with Gasteiger partial charge in [-0.1, -0.05) is 6.07 Å². The lowest BCUT2D eigenvalue weighted by atomic mass is 9.96. The minimum absolute atomic E-state index is 0.479. The van der Waals surface area contributed by atoms with E-state index in [-0.39, 0.29) is 0 Å². The molecule has 1 atom stereocenters. The summed E-state index contributed by atoms with van der Waals surface area (Å²) in [5, 5.41) is 15.0. The van der Waals surface area contributed by atoms with Crippen LogP contribution < -0.4 is 4.74 Å². The van der Waals surface area contributed by atoms with Crippen molar-refractivity contribution in [2.75, 3.05) is 0 Å². The number of benzene rings is 1. The Hall–Kier alpha value is -3.74. The Bertz CT molecular complexity index is 1310. The number of ether oxygens (including phenoxy) is 1. The summed E-state index contributed by atoms with van der Waals surface area (Å²) in [5.74, 6) is -0.527. The van der Waals surface area contributed by atoms with Gasteiger partial charge in [0.05, 0.1) is 11.2 Å². The largest absolute Gasteiger partial charge is 0.479 e. The van der Waals surface area contributed by atoms with Crippen molar-refractivity contribution < 1.29 is 14.6 Å². The minimum Gasteiger partial charge on any atom is -0.479 e. The molecule has 156 valence electrons. The first-order chi connectivity index (χ1) is 15.0. The van der Waals surface area contributed by atoms with Crippen molar-refractivity contribution in [1.29, 1.82) is 0 Å². The van der Waals surface area contributed by atoms with Gasteiger partial charge in [0.2, 0.25) is 0 Å². The van der Waals surface area contributed by atoms with E-state index in [1.165, 1.54) is 12.6 Å². The molecule has 0 radical (unpaired) electrons. The van der Waals surface area contributed by atoms with Crippen molar-refractivity contribution in [3.63, 3.8) is 0 Å². The molecule has 0 fully saturated rings. The van der Waals surface area contributed by atoms with E-state index in [0.29, 0.717) is 5.75 Å². The Morgan fingerprint density at radius 1 is 1.23 bits per heavy atom. The molecule has 4 aromatic rings. The van der Waals surface area contributed by atoms with Gasteiger partial charge >= 0.3 is 5.97 Å². The van der Waals surface area contributed by atoms with Crippen molar-refractivity contribution in [2.45, 2.75) is 39.3 Å². The van der Waals surface area contributed by atoms with Crippen LogP contribution >= 0.6 is 0 Å². The summed E-state index contributed by atoms with van der Waals surface area (Å²) in [6, 6.07) is 13.5. The number of hydrogen-bond donors (Lipinski definition) is 1. The first-order valence-electron chi connectivity index (χ1n) is 10.3. The van der Waals surface area contributed by atoms with Crippen molar-refractivity contribution in [3.8, 4) is 28.3 Å². The van der Waals surface area contributed by atoms with Crippen LogP contribution in [-0.2, 0) is 17.8 Å². The zero-order valence-electron chi connectivity index (χ0n) is 17.4. The number of rotatable bonds is 5. The quantitative estimate of drug-likeness (QED) is 0.525. The number of nitrogens with zero attached hydrogens (tertiary/aromatic N) is 4. The number of carboxylic acid groups (broad SMARTS) is 1. The second kappa shape index (κ2) is 7.50. The highest BCUT2D eigenvalue weighted by molar-refractivity contribution is 5.99. The van der Waals surface area contributed by atoms with Crippen LogP contribution in [0.5, 0.6) is 5.75 Å². The predicted octanol–water partition coefficient (Wildman–Crippen LogP) is 4.27. The third-order valence-electron chi connectivity index (χ3n) is 5.62. The molecule has 3 aromatic heterocycles. The average molecular weight is 414 g/mol. The Kier molecular flexibility index (Phi) is 4.66. The Morgan fingerprint density at radius 3 is 2.90 bits per heavy atom. The fourth-order valence-electron chi connectivity index (χ4n) is 4.14. The van der Waals surface area contributed by atoms with Crippen LogP contribution in [0.4, 0.5) is 0 Å². The Labute approximate surface area is 179 Å². The van der Waals surface area contributed by atoms with Crippen LogP contribution in [-0.4, -0.2) is 36.9 Å². The third kappa shape index (κ3) is 3.42. The van der Waals surface area contributed by atoms with Gasteiger partial charge in [0.25, 0.3) is 0 Å². The monoisotopic (exact) mass is 414 g/mol. The van der Waals surface area contributed by atoms with Gasteiger partial charge in [-0.2, -0.15) is 5.10 Å². The van der Waals surface area contributed by atoms with Crippen LogP contribution in [0.25, 0.3) is 33.4 Å². The normalized spacial score (nSPS) is 13.9. The summed E-state index contributed by atoms with van der Waals surface area (Å²) in [6.07, 6.45) is 2.88. The van der Waals surface area contributed by atoms with E-state index < -0.39 is 12.1 Å². The molecular formula is C24H22N4O3. The van der Waals surface area contributed by atoms with Crippen molar-refractivity contribution in [3.05, 3.63) is 60.0 Å². The molecule has 0 saturated carbocycles. The van der Waals surface area contributed by atoms with Gasteiger partial charge in [-0.05, 0) is 62.6 Å². The van der Waals surface area contributed by atoms with Crippen molar-refractivity contribution in [1.82, 2.24) is 19.7 Å². The average Bonchev–Trinajstić information content (AvgIpc) is 3.34. The van der Waals surface area contributed by atoms with E-state index in [9.17, 15) is 4.79 Å². The Morgan fingerprint density at radius 2 is 2.10 bits per heavy atom. The molecule has 1 aliphatic rings. The number of carboxylic acids is 1. The van der Waals surface area contributed by atoms with Crippen LogP contribution in [0.1, 0.15) is 24.7 Å². The molecule has 4 heterocycles. The summed E-state index contributed by atoms with van der Waals surface area (Å²) in [4.78, 5) is 20.3. The second-order valence-corrected chi connectivity index (χ2v) is 7.80. The highest BCUT2D eigenvalue weighted by Crippen LogP contribution is 2.40. The van der Waals surface area contributed by atoms with Gasteiger partial charge < -0.3 is 9.84 Å². The number of aliphatic carboxylic acids is 1. The number of carbonyl (C=O) groups is 1. The highest BCUT2D eigenvalue weighted by atomic mass is 16.5. The summed E-state index contributed by atoms with van der Waals surface area (Å²) < 4.78 is 7.62. The molecule has 0 bridgehead atoms. The molecule has 7 nitrogen and oxygen atoms in total. The fourth-order valence-corrected chi connectivity index (χ4v) is 4.14. The number of aromatic nitrogens is 4. The number of aryl methyl sites for hydroxylation is 2. The standard InChI is InChI=1S/C24H22N4O3/c1-14-5-3-6-19(26-14)23-22(21-7-4-12-28(21)27-23)18-10-11-25-20-13-16(8-9-17(18)20)31-15(2)24(29)30/h3,5-6,8-11,13,15H,4,7,12H2,1-2H3,(H,29,30). The van der Waals surface area contributed by atoms with E-state index in [0.717, 1.165) is 58.5 Å². The van der Waals surface area contributed by atoms with Gasteiger partial charge in [-0.15, -0.1) is 0 Å². The van der Waals surface area contributed by atoms with Gasteiger partial charge in [-0.3, -0.25) is 14.6 Å². The minimum atomic E-state index is -1.01. The highest BCUT2D eigenvalue weighted by Gasteiger charge is 2.25. The lowest BCUT2D eigenvalue weighted by molar-refractivity contribution is -0.144. The van der Waals surface area contributed by atoms with E-state index in [1.54, 1.807) is 18.3 Å². The first-order valence-corrected chi connectivity index (χ1v) is 10.3. The van der Waals surface area contributed by atoms with E-state index >= 15 is 0 Å². The zero-order valence-corrected chi connectivity index (χ0v) is 17.4. The molecule has 1 aromatic carbocycles. The topological polar surface area (TPSA) is 90.1 Å². The van der Waals surface area contributed by atoms with E-state index in [1.807, 2.05) is 37.3 Å². The summed E-state index contributed by atoms with van der Waals surface area (Å²) in [7, 11) is 0. The molecule has 0 spiro atoms. The maximum absolute atomic E-state index is 11.1. The maximum Gasteiger partial charge on any atom is 0.344 e. The summed E-state index contributed by atoms with van der Waals surface area (Å²) >= 11 is 0. The lowest BCUT2D eigenvalue weighted by Crippen LogP contribution is -2.22. The molecule has 7 heteroatoms. The van der Waals surface area contributed by atoms with E-state index in [4.69, 9.17) is 19.9 Å². The second-order valence-electron chi connectivity index (χ2n) is 7.80. The number of pyridine rings is 2. The van der Waals surface area contributed by atoms with Crippen LogP contribution in [0.2, 0.25) is 0 Å². The molecule has 0 amide bonds. The van der Waals surface area contributed by atoms with Gasteiger partial charge in [-0.25, -0.2) is 4.79 Å². The third-order valence-corrected chi connectivity index (χ3v) is 5.62. The smallest absolute Gasteiger partial charge is 0.344 e. The van der Waals surface area contributed by atoms with Gasteiger partial charge in [0.15, 0.2) is 6.10 Å². The van der Waals surface area contributed by atoms with Gasteiger partial charge in [0.1, 0.15) is 11.4 Å².